The minimum Gasteiger partial charge on any atom is -0.307 e. The second-order valence-corrected chi connectivity index (χ2v) is 13.2. The molecule has 0 fully saturated rings. The van der Waals surface area contributed by atoms with E-state index in [-0.39, 0.29) is 0 Å². The second kappa shape index (κ2) is 8.50. The molecule has 3 heterocycles. The molecule has 11 aromatic rings. The molecule has 2 nitrogen and oxygen atoms in total. The van der Waals surface area contributed by atoms with Gasteiger partial charge in [0.15, 0.2) is 0 Å². The molecule has 0 aliphatic carbocycles. The monoisotopic (exact) mass is 588 g/mol. The van der Waals surface area contributed by atoms with E-state index in [2.05, 4.69) is 155 Å². The maximum absolute atomic E-state index is 2.51. The Balaban J connectivity index is 1.35. The van der Waals surface area contributed by atoms with Gasteiger partial charge in [0, 0.05) is 53.1 Å². The van der Waals surface area contributed by atoms with Crippen molar-refractivity contribution in [2.45, 2.75) is 0 Å². The predicted octanol–water partition coefficient (Wildman–Crippen LogP) is 12.0. The lowest BCUT2D eigenvalue weighted by atomic mass is 9.94. The van der Waals surface area contributed by atoms with Gasteiger partial charge in [-0.3, -0.25) is 0 Å². The molecule has 0 saturated heterocycles. The number of fused-ring (bicyclic) bond motifs is 10. The molecule has 45 heavy (non-hydrogen) atoms. The first kappa shape index (κ1) is 23.8. The van der Waals surface area contributed by atoms with Gasteiger partial charge in [-0.2, -0.15) is 0 Å². The van der Waals surface area contributed by atoms with Crippen molar-refractivity contribution in [3.05, 3.63) is 146 Å². The highest BCUT2D eigenvalue weighted by Crippen LogP contribution is 2.46. The summed E-state index contributed by atoms with van der Waals surface area (Å²) in [5, 5.41) is 13.2. The summed E-state index contributed by atoms with van der Waals surface area (Å²) in [4.78, 5) is 0. The van der Waals surface area contributed by atoms with E-state index < -0.39 is 0 Å². The summed E-state index contributed by atoms with van der Waals surface area (Å²) >= 11 is 1.90. The van der Waals surface area contributed by atoms with Crippen LogP contribution in [0.1, 0.15) is 0 Å². The average molecular weight is 589 g/mol. The molecule has 0 radical (unpaired) electrons. The van der Waals surface area contributed by atoms with Crippen molar-refractivity contribution >= 4 is 96.7 Å². The number of nitrogens with zero attached hydrogens (tertiary/aromatic N) is 2. The fourth-order valence-corrected chi connectivity index (χ4v) is 9.22. The second-order valence-electron chi connectivity index (χ2n) is 12.1. The lowest BCUT2D eigenvalue weighted by Gasteiger charge is -2.15. The molecule has 3 aromatic heterocycles. The van der Waals surface area contributed by atoms with Crippen LogP contribution >= 0.6 is 11.3 Å². The number of para-hydroxylation sites is 3. The summed E-state index contributed by atoms with van der Waals surface area (Å²) in [7, 11) is 0. The first-order valence-corrected chi connectivity index (χ1v) is 16.3. The standard InChI is InChI=1S/C42H24N2S/c1-2-10-25(11-3-1)43-35-16-6-4-12-28(35)32-22-23-33-29-13-5-7-17-36(29)44(42(33)41(32)43)26-20-21-27-30-14-8-18-37-39(30)40-31(34(27)24-26)15-9-19-38(40)45-37/h1-24H. The Labute approximate surface area is 261 Å². The van der Waals surface area contributed by atoms with Gasteiger partial charge in [0.05, 0.1) is 22.1 Å². The van der Waals surface area contributed by atoms with E-state index >= 15 is 0 Å². The molecule has 0 amide bonds. The van der Waals surface area contributed by atoms with Crippen LogP contribution in [0.15, 0.2) is 146 Å². The zero-order chi connectivity index (χ0) is 29.2. The average Bonchev–Trinajstić information content (AvgIpc) is 3.76. The van der Waals surface area contributed by atoms with E-state index in [1.165, 1.54) is 96.7 Å². The Morgan fingerprint density at radius 3 is 1.49 bits per heavy atom. The number of rotatable bonds is 2. The number of aromatic nitrogens is 2. The molecule has 0 spiro atoms. The van der Waals surface area contributed by atoms with Crippen molar-refractivity contribution in [3.63, 3.8) is 0 Å². The van der Waals surface area contributed by atoms with Crippen LogP contribution < -0.4 is 0 Å². The zero-order valence-corrected chi connectivity index (χ0v) is 25.0. The van der Waals surface area contributed by atoms with Crippen molar-refractivity contribution in [1.29, 1.82) is 0 Å². The number of benzene rings is 8. The highest BCUT2D eigenvalue weighted by atomic mass is 32.1. The zero-order valence-electron chi connectivity index (χ0n) is 24.2. The van der Waals surface area contributed by atoms with Crippen molar-refractivity contribution < 1.29 is 0 Å². The van der Waals surface area contributed by atoms with E-state index in [0.29, 0.717) is 0 Å². The molecule has 0 aliphatic heterocycles. The molecule has 3 heteroatoms. The first-order valence-electron chi connectivity index (χ1n) is 15.5. The Morgan fingerprint density at radius 2 is 0.844 bits per heavy atom. The largest absolute Gasteiger partial charge is 0.307 e. The Morgan fingerprint density at radius 1 is 0.333 bits per heavy atom. The fourth-order valence-electron chi connectivity index (χ4n) is 8.06. The molecule has 0 saturated carbocycles. The molecule has 208 valence electrons. The van der Waals surface area contributed by atoms with Gasteiger partial charge in [-0.05, 0) is 70.1 Å². The van der Waals surface area contributed by atoms with Crippen LogP contribution in [0.25, 0.3) is 96.7 Å². The van der Waals surface area contributed by atoms with Crippen molar-refractivity contribution in [2.75, 3.05) is 0 Å². The van der Waals surface area contributed by atoms with Crippen LogP contribution in [-0.2, 0) is 0 Å². The van der Waals surface area contributed by atoms with Gasteiger partial charge in [0.1, 0.15) is 0 Å². The van der Waals surface area contributed by atoms with E-state index in [1.807, 2.05) is 11.3 Å². The van der Waals surface area contributed by atoms with Crippen LogP contribution in [0, 0.1) is 0 Å². The highest BCUT2D eigenvalue weighted by Gasteiger charge is 2.22. The third kappa shape index (κ3) is 2.98. The summed E-state index contributed by atoms with van der Waals surface area (Å²) < 4.78 is 7.69. The van der Waals surface area contributed by atoms with E-state index in [9.17, 15) is 0 Å². The van der Waals surface area contributed by atoms with E-state index in [0.717, 1.165) is 0 Å². The molecule has 0 bridgehead atoms. The minimum absolute atomic E-state index is 1.17. The van der Waals surface area contributed by atoms with Gasteiger partial charge in [0.2, 0.25) is 0 Å². The molecule has 0 aliphatic rings. The smallest absolute Gasteiger partial charge is 0.0788 e. The van der Waals surface area contributed by atoms with Gasteiger partial charge in [0.25, 0.3) is 0 Å². The van der Waals surface area contributed by atoms with Gasteiger partial charge < -0.3 is 9.13 Å². The maximum atomic E-state index is 2.51. The van der Waals surface area contributed by atoms with Crippen molar-refractivity contribution in [3.8, 4) is 11.4 Å². The minimum atomic E-state index is 1.17. The number of hydrogen-bond donors (Lipinski definition) is 0. The van der Waals surface area contributed by atoms with Crippen LogP contribution in [0.2, 0.25) is 0 Å². The predicted molar refractivity (Wildman–Crippen MR) is 194 cm³/mol. The molecule has 0 N–H and O–H groups in total. The van der Waals surface area contributed by atoms with Crippen LogP contribution in [0.4, 0.5) is 0 Å². The highest BCUT2D eigenvalue weighted by molar-refractivity contribution is 7.26. The Hall–Kier alpha value is -5.64. The summed E-state index contributed by atoms with van der Waals surface area (Å²) in [5.74, 6) is 0. The van der Waals surface area contributed by atoms with Gasteiger partial charge in [-0.1, -0.05) is 97.1 Å². The molecular weight excluding hydrogens is 565 g/mol. The molecule has 0 unspecified atom stereocenters. The van der Waals surface area contributed by atoms with Gasteiger partial charge >= 0.3 is 0 Å². The summed E-state index contributed by atoms with van der Waals surface area (Å²) in [6.07, 6.45) is 0. The van der Waals surface area contributed by atoms with E-state index in [4.69, 9.17) is 0 Å². The molecule has 8 aromatic carbocycles. The SMILES string of the molecule is c1ccc(-n2c3ccccc3c3ccc4c5ccccc5n(-c5ccc6c(c5)c5cccc7sc8cccc6c8c75)c4c32)cc1. The van der Waals surface area contributed by atoms with Crippen molar-refractivity contribution in [2.24, 2.45) is 0 Å². The Bertz CT molecular complexity index is 2970. The summed E-state index contributed by atoms with van der Waals surface area (Å²) in [6, 6.07) is 53.8. The van der Waals surface area contributed by atoms with Crippen LogP contribution in [0.3, 0.4) is 0 Å². The van der Waals surface area contributed by atoms with Gasteiger partial charge in [-0.25, -0.2) is 0 Å². The van der Waals surface area contributed by atoms with Crippen molar-refractivity contribution in [1.82, 2.24) is 9.13 Å². The number of thiophene rings is 1. The third-order valence-electron chi connectivity index (χ3n) is 9.85. The lowest BCUT2D eigenvalue weighted by Crippen LogP contribution is -1.98. The van der Waals surface area contributed by atoms with Gasteiger partial charge in [-0.15, -0.1) is 11.3 Å². The summed E-state index contributed by atoms with van der Waals surface area (Å²) in [5.41, 5.74) is 7.26. The topological polar surface area (TPSA) is 9.86 Å². The molecular formula is C42H24N2S. The Kier molecular flexibility index (Phi) is 4.49. The third-order valence-corrected chi connectivity index (χ3v) is 11.0. The normalized spacial score (nSPS) is 12.4. The molecule has 11 rings (SSSR count). The fraction of sp³-hybridized carbons (Fsp3) is 0. The van der Waals surface area contributed by atoms with Crippen LogP contribution in [0.5, 0.6) is 0 Å². The maximum Gasteiger partial charge on any atom is 0.0788 e. The van der Waals surface area contributed by atoms with Crippen LogP contribution in [-0.4, -0.2) is 9.13 Å². The summed E-state index contributed by atoms with van der Waals surface area (Å²) in [6.45, 7) is 0. The molecule has 0 atom stereocenters. The number of hydrogen-bond acceptors (Lipinski definition) is 1. The lowest BCUT2D eigenvalue weighted by molar-refractivity contribution is 1.15. The quantitative estimate of drug-likeness (QED) is 0.178. The first-order chi connectivity index (χ1) is 22.3. The van der Waals surface area contributed by atoms with E-state index in [1.54, 1.807) is 0 Å².